The summed E-state index contributed by atoms with van der Waals surface area (Å²) < 4.78 is 13.6. The minimum absolute atomic E-state index is 0.286. The average molecular weight is 244 g/mol. The lowest BCUT2D eigenvalue weighted by Crippen LogP contribution is -2.21. The molecule has 18 heavy (non-hydrogen) atoms. The zero-order valence-electron chi connectivity index (χ0n) is 10.7. The van der Waals surface area contributed by atoms with Gasteiger partial charge in [-0.3, -0.25) is 4.98 Å². The normalized spacial score (nSPS) is 10.9. The number of hydrogen-bond acceptors (Lipinski definition) is 2. The van der Waals surface area contributed by atoms with Crippen LogP contribution in [-0.2, 0) is 6.54 Å². The molecule has 3 heteroatoms. The van der Waals surface area contributed by atoms with Crippen LogP contribution in [0.15, 0.2) is 42.7 Å². The first-order valence-corrected chi connectivity index (χ1v) is 6.09. The zero-order valence-corrected chi connectivity index (χ0v) is 10.7. The van der Waals surface area contributed by atoms with Gasteiger partial charge in [0.25, 0.3) is 0 Å². The quantitative estimate of drug-likeness (QED) is 0.891. The Kier molecular flexibility index (Phi) is 4.05. The molecule has 1 aromatic carbocycles. The number of hydrogen-bond donors (Lipinski definition) is 1. The Morgan fingerprint density at radius 2 is 2.11 bits per heavy atom. The van der Waals surface area contributed by atoms with Crippen molar-refractivity contribution >= 4 is 0 Å². The first-order chi connectivity index (χ1) is 8.66. The van der Waals surface area contributed by atoms with Gasteiger partial charge >= 0.3 is 0 Å². The number of nitrogens with zero attached hydrogens (tertiary/aromatic N) is 1. The fraction of sp³-hybridized carbons (Fsp3) is 0.267. The molecule has 2 nitrogen and oxygen atoms in total. The smallest absolute Gasteiger partial charge is 0.149 e. The van der Waals surface area contributed by atoms with Crippen molar-refractivity contribution in [2.45, 2.75) is 26.4 Å². The predicted octanol–water partition coefficient (Wildman–Crippen LogP) is 3.39. The third-order valence-corrected chi connectivity index (χ3v) is 2.72. The molecule has 0 saturated carbocycles. The maximum absolute atomic E-state index is 13.6. The highest BCUT2D eigenvalue weighted by molar-refractivity contribution is 5.64. The number of aromatic nitrogens is 1. The lowest BCUT2D eigenvalue weighted by molar-refractivity contribution is 0.589. The Morgan fingerprint density at radius 1 is 1.28 bits per heavy atom. The molecule has 1 heterocycles. The summed E-state index contributed by atoms with van der Waals surface area (Å²) in [5.74, 6) is -0.286. The van der Waals surface area contributed by atoms with Crippen LogP contribution in [0.2, 0.25) is 0 Å². The van der Waals surface area contributed by atoms with E-state index in [1.54, 1.807) is 12.3 Å². The van der Waals surface area contributed by atoms with E-state index >= 15 is 0 Å². The minimum atomic E-state index is -0.286. The largest absolute Gasteiger partial charge is 0.310 e. The number of pyridine rings is 1. The van der Waals surface area contributed by atoms with E-state index < -0.39 is 0 Å². The van der Waals surface area contributed by atoms with Gasteiger partial charge in [0.1, 0.15) is 5.82 Å². The molecule has 94 valence electrons. The third-order valence-electron chi connectivity index (χ3n) is 2.72. The van der Waals surface area contributed by atoms with Crippen LogP contribution >= 0.6 is 0 Å². The van der Waals surface area contributed by atoms with E-state index in [1.165, 1.54) is 6.20 Å². The van der Waals surface area contributed by atoms with Gasteiger partial charge in [-0.2, -0.15) is 0 Å². The molecular weight excluding hydrogens is 227 g/mol. The summed E-state index contributed by atoms with van der Waals surface area (Å²) in [7, 11) is 0. The van der Waals surface area contributed by atoms with Crippen molar-refractivity contribution < 1.29 is 4.39 Å². The molecule has 0 saturated heterocycles. The van der Waals surface area contributed by atoms with Crippen LogP contribution < -0.4 is 5.32 Å². The van der Waals surface area contributed by atoms with Gasteiger partial charge in [0.05, 0.1) is 6.20 Å². The van der Waals surface area contributed by atoms with Gasteiger partial charge in [-0.1, -0.05) is 32.0 Å². The fourth-order valence-electron chi connectivity index (χ4n) is 1.78. The second-order valence-electron chi connectivity index (χ2n) is 4.59. The van der Waals surface area contributed by atoms with Crippen LogP contribution in [0.25, 0.3) is 11.1 Å². The molecule has 0 radical (unpaired) electrons. The highest BCUT2D eigenvalue weighted by Crippen LogP contribution is 2.22. The Hall–Kier alpha value is -1.74. The highest BCUT2D eigenvalue weighted by atomic mass is 19.1. The summed E-state index contributed by atoms with van der Waals surface area (Å²) in [6.07, 6.45) is 2.85. The molecule has 0 aliphatic rings. The highest BCUT2D eigenvalue weighted by Gasteiger charge is 2.05. The molecular formula is C15H17FN2. The van der Waals surface area contributed by atoms with E-state index in [4.69, 9.17) is 0 Å². The summed E-state index contributed by atoms with van der Waals surface area (Å²) in [6, 6.07) is 10.0. The Balaban J connectivity index is 2.25. The zero-order chi connectivity index (χ0) is 13.0. The molecule has 2 aromatic rings. The summed E-state index contributed by atoms with van der Waals surface area (Å²) >= 11 is 0. The summed E-state index contributed by atoms with van der Waals surface area (Å²) in [5.41, 5.74) is 2.63. The van der Waals surface area contributed by atoms with Gasteiger partial charge in [-0.05, 0) is 23.3 Å². The van der Waals surface area contributed by atoms with Crippen molar-refractivity contribution in [2.24, 2.45) is 0 Å². The molecule has 1 aromatic heterocycles. The molecule has 0 aliphatic heterocycles. The van der Waals surface area contributed by atoms with Gasteiger partial charge in [0.2, 0.25) is 0 Å². The van der Waals surface area contributed by atoms with E-state index in [-0.39, 0.29) is 5.82 Å². The van der Waals surface area contributed by atoms with E-state index in [2.05, 4.69) is 24.1 Å². The van der Waals surface area contributed by atoms with E-state index in [0.29, 0.717) is 11.6 Å². The number of nitrogens with one attached hydrogen (secondary N) is 1. The first-order valence-electron chi connectivity index (χ1n) is 6.09. The Labute approximate surface area is 107 Å². The molecule has 0 atom stereocenters. The van der Waals surface area contributed by atoms with E-state index in [1.807, 2.05) is 24.3 Å². The van der Waals surface area contributed by atoms with Crippen molar-refractivity contribution in [1.29, 1.82) is 0 Å². The van der Waals surface area contributed by atoms with Crippen molar-refractivity contribution in [3.63, 3.8) is 0 Å². The van der Waals surface area contributed by atoms with E-state index in [9.17, 15) is 4.39 Å². The fourth-order valence-corrected chi connectivity index (χ4v) is 1.78. The lowest BCUT2D eigenvalue weighted by atomic mass is 10.0. The molecule has 0 spiro atoms. The molecule has 0 bridgehead atoms. The Bertz CT molecular complexity index is 523. The molecule has 0 amide bonds. The molecule has 0 unspecified atom stereocenters. The third kappa shape index (κ3) is 3.14. The molecule has 2 rings (SSSR count). The minimum Gasteiger partial charge on any atom is -0.310 e. The number of benzene rings is 1. The van der Waals surface area contributed by atoms with Gasteiger partial charge in [0, 0.05) is 24.3 Å². The second-order valence-corrected chi connectivity index (χ2v) is 4.59. The lowest BCUT2D eigenvalue weighted by Gasteiger charge is -2.09. The topological polar surface area (TPSA) is 24.9 Å². The average Bonchev–Trinajstić information content (AvgIpc) is 2.37. The van der Waals surface area contributed by atoms with Gasteiger partial charge in [-0.25, -0.2) is 4.39 Å². The van der Waals surface area contributed by atoms with Crippen molar-refractivity contribution in [2.75, 3.05) is 0 Å². The SMILES string of the molecule is CC(C)NCc1cccc(-c2ccncc2F)c1. The number of rotatable bonds is 4. The van der Waals surface area contributed by atoms with Gasteiger partial charge < -0.3 is 5.32 Å². The van der Waals surface area contributed by atoms with Crippen molar-refractivity contribution in [3.8, 4) is 11.1 Å². The summed E-state index contributed by atoms with van der Waals surface area (Å²) in [6.45, 7) is 5.00. The summed E-state index contributed by atoms with van der Waals surface area (Å²) in [4.78, 5) is 3.77. The standard InChI is InChI=1S/C15H17FN2/c1-11(2)18-9-12-4-3-5-13(8-12)14-6-7-17-10-15(14)16/h3-8,10-11,18H,9H2,1-2H3. The first kappa shape index (κ1) is 12.7. The second kappa shape index (κ2) is 5.74. The van der Waals surface area contributed by atoms with Gasteiger partial charge in [0.15, 0.2) is 0 Å². The van der Waals surface area contributed by atoms with Crippen LogP contribution in [0.5, 0.6) is 0 Å². The molecule has 0 fully saturated rings. The molecule has 1 N–H and O–H groups in total. The summed E-state index contributed by atoms with van der Waals surface area (Å²) in [5, 5.41) is 3.35. The van der Waals surface area contributed by atoms with Crippen molar-refractivity contribution in [1.82, 2.24) is 10.3 Å². The van der Waals surface area contributed by atoms with Crippen molar-refractivity contribution in [3.05, 3.63) is 54.1 Å². The van der Waals surface area contributed by atoms with Crippen LogP contribution in [-0.4, -0.2) is 11.0 Å². The molecule has 0 aliphatic carbocycles. The Morgan fingerprint density at radius 3 is 2.83 bits per heavy atom. The van der Waals surface area contributed by atoms with Crippen LogP contribution in [0.1, 0.15) is 19.4 Å². The number of halogens is 1. The maximum atomic E-state index is 13.6. The monoisotopic (exact) mass is 244 g/mol. The van der Waals surface area contributed by atoms with Crippen LogP contribution in [0.3, 0.4) is 0 Å². The predicted molar refractivity (Wildman–Crippen MR) is 71.6 cm³/mol. The van der Waals surface area contributed by atoms with E-state index in [0.717, 1.165) is 17.7 Å². The maximum Gasteiger partial charge on any atom is 0.149 e. The van der Waals surface area contributed by atoms with Crippen LogP contribution in [0.4, 0.5) is 4.39 Å². The van der Waals surface area contributed by atoms with Gasteiger partial charge in [-0.15, -0.1) is 0 Å². The van der Waals surface area contributed by atoms with Crippen LogP contribution in [0, 0.1) is 5.82 Å².